The molecule has 4 heterocycles. The number of imidazole rings is 1. The fraction of sp³-hybridized carbons (Fsp3) is 0.667. The maximum Gasteiger partial charge on any atom is 0.160 e. The van der Waals surface area contributed by atoms with Crippen LogP contribution in [0.4, 0.5) is 0 Å². The molecular formula is C18H27N5. The van der Waals surface area contributed by atoms with Crippen molar-refractivity contribution in [2.75, 3.05) is 33.2 Å². The van der Waals surface area contributed by atoms with Crippen LogP contribution in [0.1, 0.15) is 44.0 Å². The Kier molecular flexibility index (Phi) is 4.31. The average Bonchev–Trinajstić information content (AvgIpc) is 3.17. The Labute approximate surface area is 138 Å². The van der Waals surface area contributed by atoms with Gasteiger partial charge in [-0.15, -0.1) is 0 Å². The van der Waals surface area contributed by atoms with Gasteiger partial charge in [0, 0.05) is 19.3 Å². The Morgan fingerprint density at radius 2 is 1.96 bits per heavy atom. The van der Waals surface area contributed by atoms with E-state index in [9.17, 15) is 0 Å². The highest BCUT2D eigenvalue weighted by atomic mass is 15.2. The molecule has 0 saturated carbocycles. The summed E-state index contributed by atoms with van der Waals surface area (Å²) < 4.78 is 2.39. The van der Waals surface area contributed by atoms with E-state index >= 15 is 0 Å². The monoisotopic (exact) mass is 313 g/mol. The van der Waals surface area contributed by atoms with Gasteiger partial charge in [-0.3, -0.25) is 4.90 Å². The van der Waals surface area contributed by atoms with Crippen LogP contribution >= 0.6 is 0 Å². The van der Waals surface area contributed by atoms with E-state index in [-0.39, 0.29) is 0 Å². The summed E-state index contributed by atoms with van der Waals surface area (Å²) >= 11 is 0. The minimum absolute atomic E-state index is 0.450. The van der Waals surface area contributed by atoms with Crippen LogP contribution in [0, 0.1) is 0 Å². The van der Waals surface area contributed by atoms with Crippen LogP contribution in [0.5, 0.6) is 0 Å². The van der Waals surface area contributed by atoms with Gasteiger partial charge in [-0.1, -0.05) is 6.42 Å². The second-order valence-corrected chi connectivity index (χ2v) is 7.01. The zero-order valence-electron chi connectivity index (χ0n) is 14.1. The fourth-order valence-electron chi connectivity index (χ4n) is 4.11. The number of rotatable bonds is 4. The predicted octanol–water partition coefficient (Wildman–Crippen LogP) is 2.68. The van der Waals surface area contributed by atoms with Gasteiger partial charge in [0.1, 0.15) is 11.3 Å². The first-order valence-corrected chi connectivity index (χ1v) is 9.07. The second kappa shape index (κ2) is 6.57. The summed E-state index contributed by atoms with van der Waals surface area (Å²) in [7, 11) is 2.22. The summed E-state index contributed by atoms with van der Waals surface area (Å²) in [5.41, 5.74) is 2.10. The van der Waals surface area contributed by atoms with Crippen molar-refractivity contribution in [3.05, 3.63) is 24.2 Å². The molecule has 2 fully saturated rings. The molecule has 2 aromatic rings. The largest absolute Gasteiger partial charge is 0.310 e. The van der Waals surface area contributed by atoms with E-state index in [4.69, 9.17) is 4.98 Å². The van der Waals surface area contributed by atoms with Gasteiger partial charge in [-0.05, 0) is 64.5 Å². The van der Waals surface area contributed by atoms with Crippen molar-refractivity contribution in [1.82, 2.24) is 24.3 Å². The summed E-state index contributed by atoms with van der Waals surface area (Å²) in [5.74, 6) is 1.22. The number of hydrogen-bond donors (Lipinski definition) is 0. The van der Waals surface area contributed by atoms with Crippen molar-refractivity contribution in [1.29, 1.82) is 0 Å². The van der Waals surface area contributed by atoms with Gasteiger partial charge < -0.3 is 9.47 Å². The lowest BCUT2D eigenvalue weighted by Gasteiger charge is -2.27. The maximum atomic E-state index is 4.95. The van der Waals surface area contributed by atoms with E-state index in [0.29, 0.717) is 6.04 Å². The molecular weight excluding hydrogens is 286 g/mol. The van der Waals surface area contributed by atoms with Gasteiger partial charge in [0.2, 0.25) is 0 Å². The third-order valence-electron chi connectivity index (χ3n) is 5.44. The van der Waals surface area contributed by atoms with Crippen LogP contribution < -0.4 is 0 Å². The number of hydrogen-bond acceptors (Lipinski definition) is 4. The smallest absolute Gasteiger partial charge is 0.160 e. The fourth-order valence-corrected chi connectivity index (χ4v) is 4.11. The Morgan fingerprint density at radius 1 is 1.09 bits per heavy atom. The Morgan fingerprint density at radius 3 is 2.74 bits per heavy atom. The highest BCUT2D eigenvalue weighted by Crippen LogP contribution is 2.31. The molecule has 2 aromatic heterocycles. The summed E-state index contributed by atoms with van der Waals surface area (Å²) in [4.78, 5) is 14.6. The minimum Gasteiger partial charge on any atom is -0.310 e. The van der Waals surface area contributed by atoms with Gasteiger partial charge in [0.25, 0.3) is 0 Å². The summed E-state index contributed by atoms with van der Waals surface area (Å²) in [6.45, 7) is 5.80. The molecule has 0 radical (unpaired) electrons. The molecule has 0 spiro atoms. The van der Waals surface area contributed by atoms with Crippen LogP contribution in [0.3, 0.4) is 0 Å². The number of nitrogens with zero attached hydrogens (tertiary/aromatic N) is 5. The van der Waals surface area contributed by atoms with Gasteiger partial charge in [0.05, 0.1) is 6.04 Å². The van der Waals surface area contributed by atoms with Crippen molar-refractivity contribution in [2.24, 2.45) is 0 Å². The molecule has 1 unspecified atom stereocenters. The SMILES string of the molecule is CN1CCCC1c1nc2cccnc2n1CCN1CCCCC1. The van der Waals surface area contributed by atoms with Crippen LogP contribution in [0.15, 0.2) is 18.3 Å². The number of pyridine rings is 1. The quantitative estimate of drug-likeness (QED) is 0.870. The predicted molar refractivity (Wildman–Crippen MR) is 92.4 cm³/mol. The van der Waals surface area contributed by atoms with Crippen molar-refractivity contribution in [2.45, 2.75) is 44.7 Å². The van der Waals surface area contributed by atoms with Crippen molar-refractivity contribution in [3.63, 3.8) is 0 Å². The van der Waals surface area contributed by atoms with E-state index in [0.717, 1.165) is 24.3 Å². The number of likely N-dealkylation sites (tertiary alicyclic amines) is 2. The molecule has 23 heavy (non-hydrogen) atoms. The number of fused-ring (bicyclic) bond motifs is 1. The van der Waals surface area contributed by atoms with Crippen LogP contribution in [0.2, 0.25) is 0 Å². The molecule has 0 bridgehead atoms. The molecule has 5 heteroatoms. The molecule has 124 valence electrons. The van der Waals surface area contributed by atoms with Crippen LogP contribution in [-0.4, -0.2) is 57.6 Å². The lowest BCUT2D eigenvalue weighted by Crippen LogP contribution is -2.33. The lowest BCUT2D eigenvalue weighted by molar-refractivity contribution is 0.218. The van der Waals surface area contributed by atoms with E-state index in [1.165, 1.54) is 57.6 Å². The molecule has 0 amide bonds. The summed E-state index contributed by atoms with van der Waals surface area (Å²) in [6.07, 6.45) is 8.46. The van der Waals surface area contributed by atoms with Gasteiger partial charge in [0.15, 0.2) is 5.65 Å². The summed E-state index contributed by atoms with van der Waals surface area (Å²) in [5, 5.41) is 0. The van der Waals surface area contributed by atoms with Crippen LogP contribution in [0.25, 0.3) is 11.2 Å². The van der Waals surface area contributed by atoms with Crippen molar-refractivity contribution in [3.8, 4) is 0 Å². The normalized spacial score (nSPS) is 23.8. The van der Waals surface area contributed by atoms with E-state index < -0.39 is 0 Å². The molecule has 0 aromatic carbocycles. The Balaban J connectivity index is 1.62. The zero-order chi connectivity index (χ0) is 15.6. The standard InChI is InChI=1S/C18H27N5/c1-21-10-6-8-16(21)18-20-15-7-5-9-19-17(15)23(18)14-13-22-11-3-2-4-12-22/h5,7,9,16H,2-4,6,8,10-14H2,1H3. The van der Waals surface area contributed by atoms with Crippen LogP contribution in [-0.2, 0) is 6.54 Å². The van der Waals surface area contributed by atoms with Gasteiger partial charge in [-0.2, -0.15) is 0 Å². The average molecular weight is 313 g/mol. The van der Waals surface area contributed by atoms with Crippen molar-refractivity contribution >= 4 is 11.2 Å². The number of piperidine rings is 1. The first kappa shape index (κ1) is 15.1. The van der Waals surface area contributed by atoms with Gasteiger partial charge in [-0.25, -0.2) is 9.97 Å². The summed E-state index contributed by atoms with van der Waals surface area (Å²) in [6, 6.07) is 4.54. The molecule has 2 aliphatic heterocycles. The molecule has 2 saturated heterocycles. The van der Waals surface area contributed by atoms with Gasteiger partial charge >= 0.3 is 0 Å². The van der Waals surface area contributed by atoms with E-state index in [1.807, 2.05) is 12.3 Å². The highest BCUT2D eigenvalue weighted by molar-refractivity contribution is 5.71. The minimum atomic E-state index is 0.450. The first-order chi connectivity index (χ1) is 11.3. The molecule has 1 atom stereocenters. The topological polar surface area (TPSA) is 37.2 Å². The highest BCUT2D eigenvalue weighted by Gasteiger charge is 2.28. The molecule has 5 nitrogen and oxygen atoms in total. The van der Waals surface area contributed by atoms with E-state index in [1.54, 1.807) is 0 Å². The van der Waals surface area contributed by atoms with Crippen molar-refractivity contribution < 1.29 is 0 Å². The number of aromatic nitrogens is 3. The third-order valence-corrected chi connectivity index (χ3v) is 5.44. The molecule has 0 aliphatic carbocycles. The maximum absolute atomic E-state index is 4.95. The first-order valence-electron chi connectivity index (χ1n) is 9.07. The Hall–Kier alpha value is -1.46. The third kappa shape index (κ3) is 3.00. The zero-order valence-corrected chi connectivity index (χ0v) is 14.1. The molecule has 4 rings (SSSR count). The lowest BCUT2D eigenvalue weighted by atomic mass is 10.1. The molecule has 2 aliphatic rings. The Bertz CT molecular complexity index is 658. The second-order valence-electron chi connectivity index (χ2n) is 7.01. The van der Waals surface area contributed by atoms with E-state index in [2.05, 4.69) is 32.5 Å². The molecule has 0 N–H and O–H groups in total.